The molecule has 0 aliphatic heterocycles. The Hall–Kier alpha value is -2.07. The molecule has 0 aromatic heterocycles. The Kier molecular flexibility index (Phi) is 5.58. The molecule has 0 unspecified atom stereocenters. The maximum Gasteiger partial charge on any atom is 0.161 e. The second-order valence-corrected chi connectivity index (χ2v) is 4.73. The van der Waals surface area contributed by atoms with Gasteiger partial charge in [0.25, 0.3) is 0 Å². The second-order valence-electron chi connectivity index (χ2n) is 4.73. The van der Waals surface area contributed by atoms with Crippen molar-refractivity contribution in [1.29, 1.82) is 0 Å². The quantitative estimate of drug-likeness (QED) is 0.791. The largest absolute Gasteiger partial charge is 0.493 e. The van der Waals surface area contributed by atoms with Crippen LogP contribution in [0.15, 0.2) is 48.5 Å². The number of nitrogens with one attached hydrogen (secondary N) is 1. The zero-order valence-electron chi connectivity index (χ0n) is 12.3. The van der Waals surface area contributed by atoms with Crippen molar-refractivity contribution in [3.8, 4) is 11.5 Å². The topological polar surface area (TPSA) is 30.5 Å². The van der Waals surface area contributed by atoms with Crippen LogP contribution >= 0.6 is 0 Å². The van der Waals surface area contributed by atoms with Gasteiger partial charge in [-0.25, -0.2) is 4.39 Å². The van der Waals surface area contributed by atoms with Crippen LogP contribution in [0.2, 0.25) is 0 Å². The van der Waals surface area contributed by atoms with Crippen LogP contribution in [-0.4, -0.2) is 20.3 Å². The lowest BCUT2D eigenvalue weighted by Crippen LogP contribution is -2.24. The van der Waals surface area contributed by atoms with Crippen LogP contribution < -0.4 is 14.8 Å². The molecule has 112 valence electrons. The van der Waals surface area contributed by atoms with Gasteiger partial charge in [-0.05, 0) is 36.8 Å². The minimum absolute atomic E-state index is 0.145. The van der Waals surface area contributed by atoms with E-state index in [0.717, 1.165) is 17.1 Å². The van der Waals surface area contributed by atoms with Gasteiger partial charge in [-0.3, -0.25) is 0 Å². The molecule has 21 heavy (non-hydrogen) atoms. The van der Waals surface area contributed by atoms with Gasteiger partial charge in [0.05, 0.1) is 7.11 Å². The highest BCUT2D eigenvalue weighted by molar-refractivity contribution is 5.39. The van der Waals surface area contributed by atoms with Crippen molar-refractivity contribution in [2.75, 3.05) is 20.3 Å². The molecule has 2 rings (SSSR count). The van der Waals surface area contributed by atoms with Crippen LogP contribution in [-0.2, 0) is 0 Å². The van der Waals surface area contributed by atoms with Gasteiger partial charge < -0.3 is 14.8 Å². The molecule has 0 amide bonds. The molecule has 0 heterocycles. The van der Waals surface area contributed by atoms with Gasteiger partial charge in [0.2, 0.25) is 0 Å². The molecule has 3 nitrogen and oxygen atoms in total. The summed E-state index contributed by atoms with van der Waals surface area (Å²) in [5.41, 5.74) is 1.05. The third-order valence-corrected chi connectivity index (χ3v) is 3.25. The van der Waals surface area contributed by atoms with E-state index in [-0.39, 0.29) is 11.9 Å². The minimum Gasteiger partial charge on any atom is -0.493 e. The number of hydrogen-bond acceptors (Lipinski definition) is 3. The van der Waals surface area contributed by atoms with E-state index in [2.05, 4.69) is 5.32 Å². The van der Waals surface area contributed by atoms with Gasteiger partial charge in [-0.1, -0.05) is 24.3 Å². The normalized spacial score (nSPS) is 12.0. The highest BCUT2D eigenvalue weighted by Crippen LogP contribution is 2.25. The molecule has 0 bridgehead atoms. The molecule has 0 aliphatic carbocycles. The first-order valence-electron chi connectivity index (χ1n) is 6.95. The number of halogens is 1. The predicted molar refractivity (Wildman–Crippen MR) is 81.3 cm³/mol. The molecule has 1 atom stereocenters. The second kappa shape index (κ2) is 7.64. The van der Waals surface area contributed by atoms with E-state index in [4.69, 9.17) is 9.47 Å². The molecular formula is C17H20FNO2. The molecule has 0 spiro atoms. The summed E-state index contributed by atoms with van der Waals surface area (Å²) in [5.74, 6) is 1.24. The number of ether oxygens (including phenoxy) is 2. The Balaban J connectivity index is 1.78. The van der Waals surface area contributed by atoms with E-state index in [1.165, 1.54) is 12.1 Å². The zero-order chi connectivity index (χ0) is 15.1. The van der Waals surface area contributed by atoms with Crippen molar-refractivity contribution in [3.63, 3.8) is 0 Å². The first kappa shape index (κ1) is 15.3. The number of benzene rings is 2. The van der Waals surface area contributed by atoms with Gasteiger partial charge in [0, 0.05) is 12.6 Å². The number of methoxy groups -OCH3 is 1. The Morgan fingerprint density at radius 3 is 2.38 bits per heavy atom. The Morgan fingerprint density at radius 1 is 1.05 bits per heavy atom. The van der Waals surface area contributed by atoms with E-state index >= 15 is 0 Å². The van der Waals surface area contributed by atoms with E-state index in [9.17, 15) is 4.39 Å². The molecule has 0 fully saturated rings. The summed E-state index contributed by atoms with van der Waals surface area (Å²) in [6, 6.07) is 14.2. The van der Waals surface area contributed by atoms with Crippen LogP contribution in [0.25, 0.3) is 0 Å². The number of para-hydroxylation sites is 2. The smallest absolute Gasteiger partial charge is 0.161 e. The van der Waals surface area contributed by atoms with Crippen molar-refractivity contribution in [3.05, 3.63) is 59.9 Å². The number of rotatable bonds is 7. The van der Waals surface area contributed by atoms with Gasteiger partial charge in [0.15, 0.2) is 11.5 Å². The van der Waals surface area contributed by atoms with Gasteiger partial charge in [0.1, 0.15) is 12.4 Å². The van der Waals surface area contributed by atoms with E-state index < -0.39 is 0 Å². The third-order valence-electron chi connectivity index (χ3n) is 3.25. The number of hydrogen-bond donors (Lipinski definition) is 1. The first-order chi connectivity index (χ1) is 10.2. The fraction of sp³-hybridized carbons (Fsp3) is 0.294. The average Bonchev–Trinajstić information content (AvgIpc) is 2.52. The monoisotopic (exact) mass is 289 g/mol. The average molecular weight is 289 g/mol. The van der Waals surface area contributed by atoms with Crippen LogP contribution in [0, 0.1) is 5.82 Å². The molecule has 0 saturated carbocycles. The molecule has 0 aliphatic rings. The Morgan fingerprint density at radius 2 is 1.71 bits per heavy atom. The van der Waals surface area contributed by atoms with E-state index in [1.54, 1.807) is 19.2 Å². The molecule has 4 heteroatoms. The molecule has 0 radical (unpaired) electrons. The van der Waals surface area contributed by atoms with Gasteiger partial charge >= 0.3 is 0 Å². The molecule has 2 aromatic carbocycles. The Labute approximate surface area is 124 Å². The minimum atomic E-state index is -0.217. The summed E-state index contributed by atoms with van der Waals surface area (Å²) < 4.78 is 23.8. The lowest BCUT2D eigenvalue weighted by Gasteiger charge is -2.15. The fourth-order valence-electron chi connectivity index (χ4n) is 2.04. The standard InChI is InChI=1S/C17H20FNO2/c1-13(14-7-9-15(18)10-8-14)19-11-12-21-17-6-4-3-5-16(17)20-2/h3-10,13,19H,11-12H2,1-2H3/t13-/m0/s1. The van der Waals surface area contributed by atoms with Crippen molar-refractivity contribution >= 4 is 0 Å². The Bertz CT molecular complexity index is 557. The van der Waals surface area contributed by atoms with Crippen molar-refractivity contribution in [2.45, 2.75) is 13.0 Å². The molecular weight excluding hydrogens is 269 g/mol. The SMILES string of the molecule is COc1ccccc1OCCN[C@@H](C)c1ccc(F)cc1. The summed E-state index contributed by atoms with van der Waals surface area (Å²) in [6.45, 7) is 3.26. The maximum absolute atomic E-state index is 12.9. The zero-order valence-corrected chi connectivity index (χ0v) is 12.3. The van der Waals surface area contributed by atoms with Gasteiger partial charge in [-0.15, -0.1) is 0 Å². The predicted octanol–water partition coefficient (Wildman–Crippen LogP) is 3.56. The lowest BCUT2D eigenvalue weighted by molar-refractivity contribution is 0.288. The van der Waals surface area contributed by atoms with Crippen LogP contribution in [0.5, 0.6) is 11.5 Å². The van der Waals surface area contributed by atoms with Crippen LogP contribution in [0.1, 0.15) is 18.5 Å². The van der Waals surface area contributed by atoms with Crippen LogP contribution in [0.3, 0.4) is 0 Å². The van der Waals surface area contributed by atoms with E-state index in [1.807, 2.05) is 31.2 Å². The highest BCUT2D eigenvalue weighted by Gasteiger charge is 2.05. The van der Waals surface area contributed by atoms with Crippen molar-refractivity contribution in [1.82, 2.24) is 5.32 Å². The van der Waals surface area contributed by atoms with Gasteiger partial charge in [-0.2, -0.15) is 0 Å². The first-order valence-corrected chi connectivity index (χ1v) is 6.95. The molecule has 2 aromatic rings. The summed E-state index contributed by atoms with van der Waals surface area (Å²) in [7, 11) is 1.62. The van der Waals surface area contributed by atoms with E-state index in [0.29, 0.717) is 13.2 Å². The molecule has 0 saturated heterocycles. The highest BCUT2D eigenvalue weighted by atomic mass is 19.1. The molecule has 1 N–H and O–H groups in total. The third kappa shape index (κ3) is 4.46. The fourth-order valence-corrected chi connectivity index (χ4v) is 2.04. The van der Waals surface area contributed by atoms with Crippen molar-refractivity contribution in [2.24, 2.45) is 0 Å². The summed E-state index contributed by atoms with van der Waals surface area (Å²) in [6.07, 6.45) is 0. The maximum atomic E-state index is 12.9. The summed E-state index contributed by atoms with van der Waals surface area (Å²) in [5, 5.41) is 3.34. The summed E-state index contributed by atoms with van der Waals surface area (Å²) >= 11 is 0. The lowest BCUT2D eigenvalue weighted by atomic mass is 10.1. The van der Waals surface area contributed by atoms with Crippen molar-refractivity contribution < 1.29 is 13.9 Å². The summed E-state index contributed by atoms with van der Waals surface area (Å²) in [4.78, 5) is 0. The van der Waals surface area contributed by atoms with Crippen LogP contribution in [0.4, 0.5) is 4.39 Å².